The lowest BCUT2D eigenvalue weighted by Gasteiger charge is -2.42. The molecule has 0 unspecified atom stereocenters. The van der Waals surface area contributed by atoms with E-state index in [0.717, 1.165) is 16.3 Å². The number of benzene rings is 2. The smallest absolute Gasteiger partial charge is 0.229 e. The Morgan fingerprint density at radius 1 is 1.21 bits per heavy atom. The molecule has 0 spiro atoms. The van der Waals surface area contributed by atoms with Gasteiger partial charge in [0.15, 0.2) is 0 Å². The molecular weight excluding hydrogens is 402 g/mol. The Balaban J connectivity index is 1.64. The molecule has 0 bridgehead atoms. The minimum absolute atomic E-state index is 0.0520. The van der Waals surface area contributed by atoms with Gasteiger partial charge in [-0.1, -0.05) is 67.5 Å². The van der Waals surface area contributed by atoms with Gasteiger partial charge in [0.2, 0.25) is 5.91 Å². The van der Waals surface area contributed by atoms with Crippen LogP contribution in [-0.2, 0) is 4.79 Å². The summed E-state index contributed by atoms with van der Waals surface area (Å²) in [6, 6.07) is 18.4. The highest BCUT2D eigenvalue weighted by atomic mass is 35.5. The van der Waals surface area contributed by atoms with Gasteiger partial charge in [-0.05, 0) is 35.2 Å². The SMILES string of the molecule is CC(C)c1ccc([C@@H]2CC(=O)N3CN(c4cccc(Cl)c4)CSC3=C2C#N)cc1. The number of hydrogen-bond acceptors (Lipinski definition) is 4. The van der Waals surface area contributed by atoms with Gasteiger partial charge in [-0.15, -0.1) is 0 Å². The predicted octanol–water partition coefficient (Wildman–Crippen LogP) is 5.68. The van der Waals surface area contributed by atoms with E-state index < -0.39 is 0 Å². The molecule has 2 aromatic carbocycles. The third-order valence-corrected chi connectivity index (χ3v) is 6.86. The first-order valence-electron chi connectivity index (χ1n) is 9.65. The summed E-state index contributed by atoms with van der Waals surface area (Å²) in [5.41, 5.74) is 3.96. The molecule has 0 saturated carbocycles. The van der Waals surface area contributed by atoms with Crippen LogP contribution in [0.15, 0.2) is 59.1 Å². The van der Waals surface area contributed by atoms with Gasteiger partial charge in [0.1, 0.15) is 0 Å². The van der Waals surface area contributed by atoms with Gasteiger partial charge in [-0.2, -0.15) is 5.26 Å². The number of fused-ring (bicyclic) bond motifs is 1. The summed E-state index contributed by atoms with van der Waals surface area (Å²) in [6.07, 6.45) is 0.317. The Hall–Kier alpha value is -2.42. The Bertz CT molecular complexity index is 1010. The second-order valence-electron chi connectivity index (χ2n) is 7.67. The fourth-order valence-electron chi connectivity index (χ4n) is 3.80. The zero-order valence-corrected chi connectivity index (χ0v) is 18.0. The molecule has 2 heterocycles. The topological polar surface area (TPSA) is 47.3 Å². The van der Waals surface area contributed by atoms with Crippen LogP contribution in [0.3, 0.4) is 0 Å². The van der Waals surface area contributed by atoms with E-state index in [9.17, 15) is 10.1 Å². The van der Waals surface area contributed by atoms with Crippen molar-refractivity contribution in [2.24, 2.45) is 0 Å². The van der Waals surface area contributed by atoms with Gasteiger partial charge in [0.05, 0.1) is 29.2 Å². The van der Waals surface area contributed by atoms with Gasteiger partial charge in [0, 0.05) is 23.0 Å². The molecule has 2 aliphatic rings. The molecule has 4 nitrogen and oxygen atoms in total. The second kappa shape index (κ2) is 8.14. The maximum absolute atomic E-state index is 13.0. The van der Waals surface area contributed by atoms with Crippen molar-refractivity contribution in [3.05, 3.63) is 75.3 Å². The predicted molar refractivity (Wildman–Crippen MR) is 119 cm³/mol. The summed E-state index contributed by atoms with van der Waals surface area (Å²) in [5.74, 6) is 0.998. The molecular formula is C23H22ClN3OS. The van der Waals surface area contributed by atoms with Crippen LogP contribution >= 0.6 is 23.4 Å². The van der Waals surface area contributed by atoms with Crippen molar-refractivity contribution < 1.29 is 4.79 Å². The van der Waals surface area contributed by atoms with Crippen LogP contribution in [-0.4, -0.2) is 23.4 Å². The van der Waals surface area contributed by atoms with Crippen molar-refractivity contribution in [3.63, 3.8) is 0 Å². The summed E-state index contributed by atoms with van der Waals surface area (Å²) in [7, 11) is 0. The van der Waals surface area contributed by atoms with E-state index >= 15 is 0 Å². The fourth-order valence-corrected chi connectivity index (χ4v) is 5.15. The van der Waals surface area contributed by atoms with Crippen LogP contribution in [0.1, 0.15) is 43.2 Å². The minimum atomic E-state index is -0.176. The molecule has 0 N–H and O–H groups in total. The van der Waals surface area contributed by atoms with E-state index in [0.29, 0.717) is 35.5 Å². The Labute approximate surface area is 180 Å². The summed E-state index contributed by atoms with van der Waals surface area (Å²) < 4.78 is 0. The van der Waals surface area contributed by atoms with E-state index in [1.807, 2.05) is 24.3 Å². The number of allylic oxidation sites excluding steroid dienone is 1. The van der Waals surface area contributed by atoms with Gasteiger partial charge in [-0.25, -0.2) is 0 Å². The monoisotopic (exact) mass is 423 g/mol. The van der Waals surface area contributed by atoms with Crippen molar-refractivity contribution in [2.75, 3.05) is 17.4 Å². The van der Waals surface area contributed by atoms with Gasteiger partial charge in [-0.3, -0.25) is 9.69 Å². The van der Waals surface area contributed by atoms with E-state index in [2.05, 4.69) is 49.1 Å². The highest BCUT2D eigenvalue weighted by molar-refractivity contribution is 8.03. The standard InChI is InChI=1S/C23H22ClN3OS/c1-15(2)16-6-8-17(9-7-16)20-11-22(28)27-13-26(14-29-23(27)21(20)12-25)19-5-3-4-18(24)10-19/h3-10,15,20H,11,13-14H2,1-2H3/t20-/m0/s1. The normalized spacial score (nSPS) is 19.4. The fraction of sp³-hybridized carbons (Fsp3) is 0.304. The first kappa shape index (κ1) is 19.9. The molecule has 4 rings (SSSR count). The third kappa shape index (κ3) is 3.88. The number of rotatable bonds is 3. The Kier molecular flexibility index (Phi) is 5.58. The molecule has 0 aliphatic carbocycles. The summed E-state index contributed by atoms with van der Waals surface area (Å²) in [6.45, 7) is 4.75. The summed E-state index contributed by atoms with van der Waals surface area (Å²) in [4.78, 5) is 16.9. The molecule has 0 radical (unpaired) electrons. The molecule has 148 valence electrons. The van der Waals surface area contributed by atoms with Crippen LogP contribution < -0.4 is 4.90 Å². The van der Waals surface area contributed by atoms with Crippen molar-refractivity contribution in [1.29, 1.82) is 5.26 Å². The average molecular weight is 424 g/mol. The first-order chi connectivity index (χ1) is 14.0. The molecule has 1 saturated heterocycles. The van der Waals surface area contributed by atoms with E-state index in [4.69, 9.17) is 11.6 Å². The van der Waals surface area contributed by atoms with Gasteiger partial charge < -0.3 is 4.90 Å². The van der Waals surface area contributed by atoms with E-state index in [1.54, 1.807) is 16.7 Å². The van der Waals surface area contributed by atoms with Crippen LogP contribution in [0.5, 0.6) is 0 Å². The highest BCUT2D eigenvalue weighted by Crippen LogP contribution is 2.43. The van der Waals surface area contributed by atoms with Gasteiger partial charge >= 0.3 is 0 Å². The zero-order chi connectivity index (χ0) is 20.5. The lowest BCUT2D eigenvalue weighted by Crippen LogP contribution is -2.47. The summed E-state index contributed by atoms with van der Waals surface area (Å²) >= 11 is 7.67. The van der Waals surface area contributed by atoms with E-state index in [-0.39, 0.29) is 11.8 Å². The minimum Gasteiger partial charge on any atom is -0.344 e. The maximum atomic E-state index is 13.0. The number of nitrogens with zero attached hydrogens (tertiary/aromatic N) is 3. The van der Waals surface area contributed by atoms with E-state index in [1.165, 1.54) is 5.56 Å². The third-order valence-electron chi connectivity index (χ3n) is 5.47. The molecule has 6 heteroatoms. The van der Waals surface area contributed by atoms with Crippen LogP contribution in [0.2, 0.25) is 5.02 Å². The van der Waals surface area contributed by atoms with Crippen molar-refractivity contribution >= 4 is 35.0 Å². The van der Waals surface area contributed by atoms with Crippen molar-refractivity contribution in [1.82, 2.24) is 4.90 Å². The maximum Gasteiger partial charge on any atom is 0.229 e. The molecule has 2 aliphatic heterocycles. The lowest BCUT2D eigenvalue weighted by molar-refractivity contribution is -0.129. The van der Waals surface area contributed by atoms with Gasteiger partial charge in [0.25, 0.3) is 0 Å². The number of anilines is 1. The highest BCUT2D eigenvalue weighted by Gasteiger charge is 2.38. The second-order valence-corrected chi connectivity index (χ2v) is 9.04. The number of hydrogen-bond donors (Lipinski definition) is 0. The number of amides is 1. The zero-order valence-electron chi connectivity index (χ0n) is 16.4. The van der Waals surface area contributed by atoms with Crippen LogP contribution in [0.25, 0.3) is 0 Å². The Morgan fingerprint density at radius 3 is 2.62 bits per heavy atom. The van der Waals surface area contributed by atoms with Crippen molar-refractivity contribution in [2.45, 2.75) is 32.1 Å². The molecule has 0 aromatic heterocycles. The molecule has 29 heavy (non-hydrogen) atoms. The molecule has 2 aromatic rings. The largest absolute Gasteiger partial charge is 0.344 e. The average Bonchev–Trinajstić information content (AvgIpc) is 2.73. The van der Waals surface area contributed by atoms with Crippen LogP contribution in [0, 0.1) is 11.3 Å². The Morgan fingerprint density at radius 2 is 1.97 bits per heavy atom. The first-order valence-corrected chi connectivity index (χ1v) is 11.0. The molecule has 1 fully saturated rings. The molecule has 1 amide bonds. The number of carbonyl (C=O) groups is 1. The number of halogens is 1. The quantitative estimate of drug-likeness (QED) is 0.636. The summed E-state index contributed by atoms with van der Waals surface area (Å²) in [5, 5.41) is 11.4. The number of carbonyl (C=O) groups excluding carboxylic acids is 1. The van der Waals surface area contributed by atoms with Crippen molar-refractivity contribution in [3.8, 4) is 6.07 Å². The lowest BCUT2D eigenvalue weighted by atomic mass is 9.85. The molecule has 1 atom stereocenters. The number of nitriles is 1. The number of thioether (sulfide) groups is 1. The van der Waals surface area contributed by atoms with Crippen LogP contribution in [0.4, 0.5) is 5.69 Å².